The lowest BCUT2D eigenvalue weighted by Crippen LogP contribution is -2.27. The summed E-state index contributed by atoms with van der Waals surface area (Å²) < 4.78 is 27.5. The summed E-state index contributed by atoms with van der Waals surface area (Å²) in [6, 6.07) is 1.13. The van der Waals surface area contributed by atoms with Gasteiger partial charge in [-0.15, -0.1) is 0 Å². The van der Waals surface area contributed by atoms with E-state index in [9.17, 15) is 23.7 Å². The molecule has 1 N–H and O–H groups in total. The molecule has 1 atom stereocenters. The zero-order valence-corrected chi connectivity index (χ0v) is 9.68. The Morgan fingerprint density at radius 1 is 1.42 bits per heavy atom. The minimum absolute atomic E-state index is 0.00757. The highest BCUT2D eigenvalue weighted by molar-refractivity contribution is 5.96. The number of hydrogen-bond acceptors (Lipinski definition) is 4. The number of aliphatic hydroxyl groups is 1. The van der Waals surface area contributed by atoms with E-state index >= 15 is 0 Å². The fourth-order valence-electron chi connectivity index (χ4n) is 2.04. The number of benzene rings is 1. The first kappa shape index (κ1) is 13.3. The van der Waals surface area contributed by atoms with Crippen LogP contribution in [0.5, 0.6) is 0 Å². The second-order valence-electron chi connectivity index (χ2n) is 4.27. The van der Waals surface area contributed by atoms with Gasteiger partial charge in [-0.05, 0) is 0 Å². The molecule has 0 bridgehead atoms. The van der Waals surface area contributed by atoms with Crippen LogP contribution in [0.1, 0.15) is 6.42 Å². The molecule has 1 saturated heterocycles. The van der Waals surface area contributed by atoms with E-state index in [0.717, 1.165) is 4.90 Å². The van der Waals surface area contributed by atoms with Crippen LogP contribution in [0.15, 0.2) is 12.1 Å². The van der Waals surface area contributed by atoms with E-state index in [1.165, 1.54) is 0 Å². The molecule has 1 fully saturated rings. The van der Waals surface area contributed by atoms with Crippen molar-refractivity contribution < 1.29 is 23.6 Å². The fraction of sp³-hybridized carbons (Fsp3) is 0.364. The smallest absolute Gasteiger partial charge is 0.275 e. The molecular weight excluding hydrogens is 262 g/mol. The van der Waals surface area contributed by atoms with Gasteiger partial charge < -0.3 is 10.0 Å². The van der Waals surface area contributed by atoms with Crippen molar-refractivity contribution in [1.29, 1.82) is 0 Å². The minimum atomic E-state index is -1.17. The number of nitrogens with zero attached hydrogens (tertiary/aromatic N) is 2. The van der Waals surface area contributed by atoms with Crippen LogP contribution >= 0.6 is 0 Å². The lowest BCUT2D eigenvalue weighted by atomic mass is 10.1. The summed E-state index contributed by atoms with van der Waals surface area (Å²) in [5.41, 5.74) is -1.32. The van der Waals surface area contributed by atoms with Crippen molar-refractivity contribution in [2.24, 2.45) is 5.92 Å². The van der Waals surface area contributed by atoms with Crippen LogP contribution in [0, 0.1) is 27.7 Å². The summed E-state index contributed by atoms with van der Waals surface area (Å²) in [5, 5.41) is 19.4. The third-order valence-electron chi connectivity index (χ3n) is 2.95. The van der Waals surface area contributed by atoms with Gasteiger partial charge in [0.15, 0.2) is 11.6 Å². The molecule has 1 heterocycles. The Morgan fingerprint density at radius 2 is 2.00 bits per heavy atom. The average Bonchev–Trinajstić information content (AvgIpc) is 2.70. The maximum absolute atomic E-state index is 13.7. The van der Waals surface area contributed by atoms with Crippen molar-refractivity contribution in [3.63, 3.8) is 0 Å². The minimum Gasteiger partial charge on any atom is -0.396 e. The molecule has 1 aromatic rings. The number of hydrogen-bond donors (Lipinski definition) is 1. The van der Waals surface area contributed by atoms with E-state index in [0.29, 0.717) is 12.1 Å². The second-order valence-corrected chi connectivity index (χ2v) is 4.27. The molecule has 19 heavy (non-hydrogen) atoms. The van der Waals surface area contributed by atoms with E-state index in [2.05, 4.69) is 0 Å². The third-order valence-corrected chi connectivity index (χ3v) is 2.95. The molecule has 1 aliphatic rings. The molecule has 0 aromatic heterocycles. The summed E-state index contributed by atoms with van der Waals surface area (Å²) in [6.45, 7) is -0.278. The van der Waals surface area contributed by atoms with Crippen molar-refractivity contribution in [3.05, 3.63) is 33.9 Å². The number of nitro groups is 1. The first-order valence-corrected chi connectivity index (χ1v) is 5.48. The van der Waals surface area contributed by atoms with E-state index in [4.69, 9.17) is 5.11 Å². The van der Waals surface area contributed by atoms with Crippen LogP contribution < -0.4 is 4.90 Å². The Kier molecular flexibility index (Phi) is 3.43. The van der Waals surface area contributed by atoms with Gasteiger partial charge in [-0.1, -0.05) is 0 Å². The number of nitro benzene ring substituents is 1. The molecule has 1 unspecified atom stereocenters. The zero-order chi connectivity index (χ0) is 14.2. The van der Waals surface area contributed by atoms with E-state index in [1.54, 1.807) is 0 Å². The maximum Gasteiger partial charge on any atom is 0.275 e. The summed E-state index contributed by atoms with van der Waals surface area (Å²) in [4.78, 5) is 22.0. The number of carbonyl (C=O) groups is 1. The fourth-order valence-corrected chi connectivity index (χ4v) is 2.04. The van der Waals surface area contributed by atoms with Gasteiger partial charge in [0, 0.05) is 25.5 Å². The Morgan fingerprint density at radius 3 is 2.42 bits per heavy atom. The predicted molar refractivity (Wildman–Crippen MR) is 60.6 cm³/mol. The number of carbonyl (C=O) groups excluding carboxylic acids is 1. The molecular formula is C11H10F2N2O4. The molecule has 0 spiro atoms. The monoisotopic (exact) mass is 272 g/mol. The second kappa shape index (κ2) is 4.88. The Labute approximate surface area is 106 Å². The highest BCUT2D eigenvalue weighted by Gasteiger charge is 2.34. The van der Waals surface area contributed by atoms with Crippen LogP contribution in [0.3, 0.4) is 0 Å². The predicted octanol–water partition coefficient (Wildman–Crippen LogP) is 1.22. The largest absolute Gasteiger partial charge is 0.396 e. The van der Waals surface area contributed by atoms with E-state index in [1.807, 2.05) is 0 Å². The van der Waals surface area contributed by atoms with Gasteiger partial charge in [0.2, 0.25) is 5.91 Å². The molecule has 102 valence electrons. The molecule has 2 rings (SSSR count). The van der Waals surface area contributed by atoms with Gasteiger partial charge in [-0.3, -0.25) is 14.9 Å². The van der Waals surface area contributed by atoms with Crippen LogP contribution in [-0.2, 0) is 4.79 Å². The van der Waals surface area contributed by atoms with Crippen molar-refractivity contribution in [3.8, 4) is 0 Å². The third kappa shape index (κ3) is 2.39. The average molecular weight is 272 g/mol. The number of amides is 1. The van der Waals surface area contributed by atoms with E-state index in [-0.39, 0.29) is 25.5 Å². The highest BCUT2D eigenvalue weighted by Crippen LogP contribution is 2.32. The van der Waals surface area contributed by atoms with Crippen LogP contribution in [-0.4, -0.2) is 29.1 Å². The lowest BCUT2D eigenvalue weighted by molar-refractivity contribution is -0.385. The number of halogens is 2. The maximum atomic E-state index is 13.7. The van der Waals surface area contributed by atoms with Gasteiger partial charge in [0.05, 0.1) is 17.1 Å². The molecule has 0 radical (unpaired) electrons. The quantitative estimate of drug-likeness (QED) is 0.662. The van der Waals surface area contributed by atoms with Crippen LogP contribution in [0.2, 0.25) is 0 Å². The summed E-state index contributed by atoms with van der Waals surface area (Å²) in [5.74, 6) is -3.25. The van der Waals surface area contributed by atoms with Gasteiger partial charge in [-0.25, -0.2) is 8.78 Å². The molecule has 0 aliphatic carbocycles. The van der Waals surface area contributed by atoms with Crippen LogP contribution in [0.25, 0.3) is 0 Å². The molecule has 6 nitrogen and oxygen atoms in total. The summed E-state index contributed by atoms with van der Waals surface area (Å²) in [7, 11) is 0. The normalized spacial score (nSPS) is 19.0. The Hall–Kier alpha value is -2.09. The Bertz CT molecular complexity index is 526. The van der Waals surface area contributed by atoms with Gasteiger partial charge in [-0.2, -0.15) is 0 Å². The van der Waals surface area contributed by atoms with Crippen molar-refractivity contribution >= 4 is 17.3 Å². The lowest BCUT2D eigenvalue weighted by Gasteiger charge is -2.17. The van der Waals surface area contributed by atoms with Crippen molar-refractivity contribution in [1.82, 2.24) is 0 Å². The first-order chi connectivity index (χ1) is 8.93. The van der Waals surface area contributed by atoms with Gasteiger partial charge >= 0.3 is 0 Å². The standard InChI is InChI=1S/C11H10F2N2O4/c12-8-2-7(15(18)19)3-9(13)11(8)14-4-6(5-16)1-10(14)17/h2-3,6,16H,1,4-5H2. The topological polar surface area (TPSA) is 83.7 Å². The van der Waals surface area contributed by atoms with Gasteiger partial charge in [0.1, 0.15) is 5.69 Å². The Balaban J connectivity index is 2.41. The number of rotatable bonds is 3. The first-order valence-electron chi connectivity index (χ1n) is 5.48. The number of anilines is 1. The number of aliphatic hydroxyl groups excluding tert-OH is 1. The highest BCUT2D eigenvalue weighted by atomic mass is 19.1. The van der Waals surface area contributed by atoms with Crippen molar-refractivity contribution in [2.45, 2.75) is 6.42 Å². The molecule has 0 saturated carbocycles. The summed E-state index contributed by atoms with van der Waals surface area (Å²) in [6.07, 6.45) is -0.00757. The molecule has 1 aliphatic heterocycles. The summed E-state index contributed by atoms with van der Waals surface area (Å²) >= 11 is 0. The van der Waals surface area contributed by atoms with E-state index < -0.39 is 33.8 Å². The molecule has 1 amide bonds. The van der Waals surface area contributed by atoms with Crippen LogP contribution in [0.4, 0.5) is 20.2 Å². The SMILES string of the molecule is O=C1CC(CO)CN1c1c(F)cc([N+](=O)[O-])cc1F. The van der Waals surface area contributed by atoms with Gasteiger partial charge in [0.25, 0.3) is 5.69 Å². The molecule has 1 aromatic carbocycles. The zero-order valence-electron chi connectivity index (χ0n) is 9.68. The van der Waals surface area contributed by atoms with Crippen molar-refractivity contribution in [2.75, 3.05) is 18.1 Å². The molecule has 8 heteroatoms. The number of non-ortho nitro benzene ring substituents is 1.